The van der Waals surface area contributed by atoms with E-state index in [0.29, 0.717) is 0 Å². The number of amides is 1. The molecule has 0 saturated carbocycles. The fourth-order valence-electron chi connectivity index (χ4n) is 3.35. The van der Waals surface area contributed by atoms with Gasteiger partial charge in [-0.3, -0.25) is 4.79 Å². The van der Waals surface area contributed by atoms with Crippen LogP contribution in [0.2, 0.25) is 0 Å². The molecule has 2 rings (SSSR count). The summed E-state index contributed by atoms with van der Waals surface area (Å²) in [6.45, 7) is -0.313. The average molecular weight is 452 g/mol. The molecule has 10 atom stereocenters. The van der Waals surface area contributed by atoms with Crippen molar-refractivity contribution in [2.45, 2.75) is 68.3 Å². The Morgan fingerprint density at radius 1 is 1.03 bits per heavy atom. The molecule has 7 N–H and O–H groups in total. The lowest BCUT2D eigenvalue weighted by Gasteiger charge is -2.47. The van der Waals surface area contributed by atoms with E-state index in [0.717, 1.165) is 0 Å². The molecular formula is C16H28N4O11. The number of nitrogens with zero attached hydrogens (tertiary/aromatic N) is 3. The van der Waals surface area contributed by atoms with Crippen LogP contribution >= 0.6 is 0 Å². The predicted molar refractivity (Wildman–Crippen MR) is 98.0 cm³/mol. The van der Waals surface area contributed by atoms with E-state index < -0.39 is 80.5 Å². The molecule has 0 bridgehead atoms. The second-order valence-electron chi connectivity index (χ2n) is 7.07. The monoisotopic (exact) mass is 452 g/mol. The van der Waals surface area contributed by atoms with Crippen molar-refractivity contribution in [1.29, 1.82) is 0 Å². The third kappa shape index (κ3) is 6.21. The molecule has 2 aliphatic heterocycles. The van der Waals surface area contributed by atoms with Crippen LogP contribution in [0.1, 0.15) is 6.92 Å². The van der Waals surface area contributed by atoms with Crippen LogP contribution in [0.15, 0.2) is 5.11 Å². The van der Waals surface area contributed by atoms with Gasteiger partial charge in [0.05, 0.1) is 19.8 Å². The van der Waals surface area contributed by atoms with Gasteiger partial charge < -0.3 is 54.9 Å². The van der Waals surface area contributed by atoms with Gasteiger partial charge in [-0.05, 0) is 5.53 Å². The molecule has 178 valence electrons. The Morgan fingerprint density at radius 2 is 1.68 bits per heavy atom. The minimum absolute atomic E-state index is 0.0478. The van der Waals surface area contributed by atoms with E-state index in [4.69, 9.17) is 24.5 Å². The van der Waals surface area contributed by atoms with Crippen molar-refractivity contribution in [3.05, 3.63) is 10.4 Å². The van der Waals surface area contributed by atoms with E-state index in [1.807, 2.05) is 0 Å². The van der Waals surface area contributed by atoms with Crippen molar-refractivity contribution in [2.24, 2.45) is 5.11 Å². The third-order valence-electron chi connectivity index (χ3n) is 4.90. The van der Waals surface area contributed by atoms with Gasteiger partial charge in [0.1, 0.15) is 48.8 Å². The number of aliphatic hydroxyl groups excluding tert-OH is 6. The second-order valence-corrected chi connectivity index (χ2v) is 7.07. The molecule has 0 aromatic carbocycles. The minimum Gasteiger partial charge on any atom is -0.394 e. The number of aliphatic hydroxyl groups is 6. The fraction of sp³-hybridized carbons (Fsp3) is 0.938. The molecular weight excluding hydrogens is 424 g/mol. The van der Waals surface area contributed by atoms with Gasteiger partial charge in [0.2, 0.25) is 5.91 Å². The first kappa shape index (κ1) is 25.6. The predicted octanol–water partition coefficient (Wildman–Crippen LogP) is -3.92. The number of nitrogens with one attached hydrogen (secondary N) is 1. The third-order valence-corrected chi connectivity index (χ3v) is 4.90. The Hall–Kier alpha value is -1.62. The molecule has 31 heavy (non-hydrogen) atoms. The molecule has 2 aliphatic rings. The first-order valence-electron chi connectivity index (χ1n) is 9.55. The van der Waals surface area contributed by atoms with Gasteiger partial charge >= 0.3 is 0 Å². The van der Waals surface area contributed by atoms with Crippen LogP contribution < -0.4 is 5.32 Å². The number of carbonyl (C=O) groups excluding carboxylic acids is 1. The van der Waals surface area contributed by atoms with Crippen molar-refractivity contribution < 1.29 is 54.4 Å². The lowest BCUT2D eigenvalue weighted by atomic mass is 9.95. The van der Waals surface area contributed by atoms with Crippen molar-refractivity contribution >= 4 is 5.91 Å². The molecule has 0 aromatic rings. The molecule has 0 spiro atoms. The Kier molecular flexibility index (Phi) is 9.80. The van der Waals surface area contributed by atoms with Gasteiger partial charge in [-0.2, -0.15) is 0 Å². The first-order valence-corrected chi connectivity index (χ1v) is 9.55. The molecule has 1 amide bonds. The maximum absolute atomic E-state index is 11.6. The van der Waals surface area contributed by atoms with Gasteiger partial charge in [-0.15, -0.1) is 0 Å². The van der Waals surface area contributed by atoms with Gasteiger partial charge in [-0.25, -0.2) is 0 Å². The average Bonchev–Trinajstić information content (AvgIpc) is 2.74. The van der Waals surface area contributed by atoms with Crippen LogP contribution in [0, 0.1) is 0 Å². The number of hydrogen-bond donors (Lipinski definition) is 7. The summed E-state index contributed by atoms with van der Waals surface area (Å²) in [6.07, 6.45) is -13.3. The zero-order valence-corrected chi connectivity index (χ0v) is 16.7. The van der Waals surface area contributed by atoms with E-state index in [1.165, 1.54) is 6.92 Å². The molecule has 2 fully saturated rings. The zero-order valence-electron chi connectivity index (χ0n) is 16.7. The molecule has 0 aromatic heterocycles. The summed E-state index contributed by atoms with van der Waals surface area (Å²) in [7, 11) is 0. The lowest BCUT2D eigenvalue weighted by molar-refractivity contribution is -0.348. The molecule has 0 unspecified atom stereocenters. The largest absolute Gasteiger partial charge is 0.394 e. The van der Waals surface area contributed by atoms with E-state index in [1.54, 1.807) is 0 Å². The summed E-state index contributed by atoms with van der Waals surface area (Å²) < 4.78 is 21.8. The molecule has 0 aliphatic carbocycles. The van der Waals surface area contributed by atoms with Gasteiger partial charge in [0, 0.05) is 18.4 Å². The van der Waals surface area contributed by atoms with E-state index in [-0.39, 0.29) is 13.2 Å². The van der Waals surface area contributed by atoms with E-state index >= 15 is 0 Å². The summed E-state index contributed by atoms with van der Waals surface area (Å²) in [4.78, 5) is 14.2. The number of rotatable bonds is 9. The van der Waals surface area contributed by atoms with Crippen LogP contribution in [-0.4, -0.2) is 124 Å². The molecule has 0 radical (unpaired) electrons. The van der Waals surface area contributed by atoms with Crippen LogP contribution in [0.4, 0.5) is 0 Å². The van der Waals surface area contributed by atoms with Crippen molar-refractivity contribution in [3.63, 3.8) is 0 Å². The number of hydrogen-bond acceptors (Lipinski definition) is 12. The normalized spacial score (nSPS) is 40.7. The minimum atomic E-state index is -1.75. The molecule has 15 nitrogen and oxygen atoms in total. The molecule has 2 saturated heterocycles. The summed E-state index contributed by atoms with van der Waals surface area (Å²) in [6, 6.07) is -1.18. The van der Waals surface area contributed by atoms with Crippen LogP contribution in [0.5, 0.6) is 0 Å². The van der Waals surface area contributed by atoms with Crippen molar-refractivity contribution in [2.75, 3.05) is 26.4 Å². The molecule has 2 heterocycles. The van der Waals surface area contributed by atoms with Crippen LogP contribution in [0.3, 0.4) is 0 Å². The smallest absolute Gasteiger partial charge is 0.217 e. The van der Waals surface area contributed by atoms with Crippen molar-refractivity contribution in [1.82, 2.24) is 5.32 Å². The number of ether oxygens (including phenoxy) is 4. The fourth-order valence-corrected chi connectivity index (χ4v) is 3.35. The summed E-state index contributed by atoms with van der Waals surface area (Å²) >= 11 is 0. The zero-order chi connectivity index (χ0) is 23.1. The van der Waals surface area contributed by atoms with Crippen LogP contribution in [-0.2, 0) is 23.7 Å². The van der Waals surface area contributed by atoms with E-state index in [9.17, 15) is 35.4 Å². The molecule has 15 heteroatoms. The summed E-state index contributed by atoms with van der Waals surface area (Å²) in [5.74, 6) is -0.537. The van der Waals surface area contributed by atoms with E-state index in [2.05, 4.69) is 15.3 Å². The highest BCUT2D eigenvalue weighted by atomic mass is 16.7. The van der Waals surface area contributed by atoms with Gasteiger partial charge in [0.25, 0.3) is 0 Å². The Morgan fingerprint density at radius 3 is 2.26 bits per heavy atom. The summed E-state index contributed by atoms with van der Waals surface area (Å²) in [5, 5.41) is 65.5. The Labute approximate surface area is 176 Å². The highest BCUT2D eigenvalue weighted by molar-refractivity contribution is 5.73. The van der Waals surface area contributed by atoms with Gasteiger partial charge in [0.15, 0.2) is 12.6 Å². The maximum atomic E-state index is 11.6. The standard InChI is InChI=1S/C16H28N4O11/c1-6(23)19-9-11(25)14(8(5-22)30-15(9)28-3-2-18-20-17)31-16-13(27)12(26)10(24)7(4-21)29-16/h7-16,21-22,24-27H,2-5H2,1H3,(H,19,23)/t7-,8-,9+,10+,11-,12+,13+,14-,15-,16+/m1/s1. The highest BCUT2D eigenvalue weighted by Crippen LogP contribution is 2.29. The maximum Gasteiger partial charge on any atom is 0.217 e. The second kappa shape index (κ2) is 11.8. The van der Waals surface area contributed by atoms with Crippen molar-refractivity contribution in [3.8, 4) is 0 Å². The Bertz CT molecular complexity index is 635. The quantitative estimate of drug-likeness (QED) is 0.0772. The lowest BCUT2D eigenvalue weighted by Crippen LogP contribution is -2.67. The summed E-state index contributed by atoms with van der Waals surface area (Å²) in [5.41, 5.74) is 8.32. The number of azide groups is 1. The SMILES string of the molecule is CC(=O)N[C@@H]1[C@H](OCCN=[N+]=[N-])O[C@H](CO)[C@@H](O[C@@H]2O[C@H](CO)[C@H](O)[C@H](O)[C@@H]2O)[C@@H]1O. The number of carbonyl (C=O) groups is 1. The van der Waals surface area contributed by atoms with Gasteiger partial charge in [-0.1, -0.05) is 5.11 Å². The highest BCUT2D eigenvalue weighted by Gasteiger charge is 2.51. The first-order chi connectivity index (χ1) is 14.7. The Balaban J connectivity index is 2.18. The topological polar surface area (TPSA) is 236 Å². The van der Waals surface area contributed by atoms with Crippen LogP contribution in [0.25, 0.3) is 10.4 Å².